The fraction of sp³-hybridized carbons (Fsp3) is 0.188. The van der Waals surface area contributed by atoms with Crippen molar-refractivity contribution in [1.82, 2.24) is 9.55 Å². The van der Waals surface area contributed by atoms with Crippen LogP contribution in [0.1, 0.15) is 0 Å². The predicted molar refractivity (Wildman–Crippen MR) is 84.3 cm³/mol. The molecule has 0 bridgehead atoms. The fourth-order valence-electron chi connectivity index (χ4n) is 2.29. The van der Waals surface area contributed by atoms with Crippen LogP contribution in [-0.2, 0) is 6.54 Å². The standard InChI is InChI=1S/C16H15N3O4/c20-13(9-18-11-17-15-3-1-2-4-16(15)18)10-23-14-7-5-12(6-8-14)19(21)22/h1-8,11,13,20H,9-10H2/t13-/m0/s1. The molecule has 0 aliphatic rings. The molecule has 1 atom stereocenters. The van der Waals surface area contributed by atoms with Gasteiger partial charge in [0.1, 0.15) is 18.5 Å². The van der Waals surface area contributed by atoms with E-state index in [1.165, 1.54) is 24.3 Å². The zero-order valence-corrected chi connectivity index (χ0v) is 12.2. The minimum Gasteiger partial charge on any atom is -0.491 e. The molecule has 0 unspecified atom stereocenters. The maximum Gasteiger partial charge on any atom is 0.269 e. The molecule has 0 amide bonds. The van der Waals surface area contributed by atoms with E-state index in [9.17, 15) is 15.2 Å². The van der Waals surface area contributed by atoms with E-state index in [1.54, 1.807) is 6.33 Å². The molecule has 0 aliphatic heterocycles. The molecule has 3 rings (SSSR count). The Morgan fingerprint density at radius 2 is 1.96 bits per heavy atom. The maximum atomic E-state index is 10.6. The van der Waals surface area contributed by atoms with E-state index in [0.29, 0.717) is 12.3 Å². The predicted octanol–water partition coefficient (Wildman–Crippen LogP) is 2.38. The summed E-state index contributed by atoms with van der Waals surface area (Å²) in [4.78, 5) is 14.4. The first-order valence-electron chi connectivity index (χ1n) is 7.08. The largest absolute Gasteiger partial charge is 0.491 e. The van der Waals surface area contributed by atoms with E-state index in [4.69, 9.17) is 4.74 Å². The Hall–Kier alpha value is -2.93. The lowest BCUT2D eigenvalue weighted by atomic mass is 10.3. The van der Waals surface area contributed by atoms with Crippen molar-refractivity contribution >= 4 is 16.7 Å². The molecule has 1 heterocycles. The van der Waals surface area contributed by atoms with Crippen molar-refractivity contribution in [2.75, 3.05) is 6.61 Å². The number of para-hydroxylation sites is 2. The lowest BCUT2D eigenvalue weighted by Gasteiger charge is -2.13. The summed E-state index contributed by atoms with van der Waals surface area (Å²) < 4.78 is 7.32. The molecule has 0 aliphatic carbocycles. The van der Waals surface area contributed by atoms with Gasteiger partial charge in [-0.2, -0.15) is 0 Å². The molecule has 1 aromatic heterocycles. The van der Waals surface area contributed by atoms with Crippen LogP contribution in [0.5, 0.6) is 5.75 Å². The van der Waals surface area contributed by atoms with Crippen LogP contribution in [0.2, 0.25) is 0 Å². The van der Waals surface area contributed by atoms with Gasteiger partial charge in [-0.05, 0) is 24.3 Å². The van der Waals surface area contributed by atoms with Gasteiger partial charge >= 0.3 is 0 Å². The van der Waals surface area contributed by atoms with Crippen molar-refractivity contribution in [3.05, 3.63) is 65.0 Å². The number of aromatic nitrogens is 2. The summed E-state index contributed by atoms with van der Waals surface area (Å²) in [7, 11) is 0. The molecule has 7 nitrogen and oxygen atoms in total. The van der Waals surface area contributed by atoms with E-state index >= 15 is 0 Å². The number of nitro groups is 1. The van der Waals surface area contributed by atoms with E-state index in [2.05, 4.69) is 4.98 Å². The smallest absolute Gasteiger partial charge is 0.269 e. The normalized spacial score (nSPS) is 12.2. The van der Waals surface area contributed by atoms with Crippen LogP contribution >= 0.6 is 0 Å². The third-order valence-electron chi connectivity index (χ3n) is 3.42. The second kappa shape index (κ2) is 6.45. The van der Waals surface area contributed by atoms with Crippen LogP contribution in [0.15, 0.2) is 54.9 Å². The summed E-state index contributed by atoms with van der Waals surface area (Å²) in [5, 5.41) is 20.7. The highest BCUT2D eigenvalue weighted by molar-refractivity contribution is 5.74. The van der Waals surface area contributed by atoms with Gasteiger partial charge in [-0.25, -0.2) is 4.98 Å². The van der Waals surface area contributed by atoms with Gasteiger partial charge in [0, 0.05) is 12.1 Å². The van der Waals surface area contributed by atoms with Crippen molar-refractivity contribution in [2.24, 2.45) is 0 Å². The van der Waals surface area contributed by atoms with Crippen molar-refractivity contribution in [3.8, 4) is 5.75 Å². The number of non-ortho nitro benzene ring substituents is 1. The molecular weight excluding hydrogens is 298 g/mol. The SMILES string of the molecule is O=[N+]([O-])c1ccc(OC[C@@H](O)Cn2cnc3ccccc32)cc1. The highest BCUT2D eigenvalue weighted by Gasteiger charge is 2.10. The first kappa shape index (κ1) is 15.0. The zero-order valence-electron chi connectivity index (χ0n) is 12.2. The van der Waals surface area contributed by atoms with Gasteiger partial charge in [-0.1, -0.05) is 12.1 Å². The monoisotopic (exact) mass is 313 g/mol. The van der Waals surface area contributed by atoms with E-state index < -0.39 is 11.0 Å². The fourth-order valence-corrected chi connectivity index (χ4v) is 2.29. The van der Waals surface area contributed by atoms with Gasteiger partial charge in [0.2, 0.25) is 0 Å². The van der Waals surface area contributed by atoms with Gasteiger partial charge in [0.15, 0.2) is 0 Å². The molecule has 1 N–H and O–H groups in total. The number of hydrogen-bond acceptors (Lipinski definition) is 5. The number of rotatable bonds is 6. The molecule has 118 valence electrons. The second-order valence-electron chi connectivity index (χ2n) is 5.10. The Balaban J connectivity index is 1.59. The maximum absolute atomic E-state index is 10.6. The quantitative estimate of drug-likeness (QED) is 0.557. The van der Waals surface area contributed by atoms with E-state index in [0.717, 1.165) is 11.0 Å². The average molecular weight is 313 g/mol. The lowest BCUT2D eigenvalue weighted by molar-refractivity contribution is -0.384. The third kappa shape index (κ3) is 3.46. The summed E-state index contributed by atoms with van der Waals surface area (Å²) in [6.07, 6.45) is 0.961. The minimum atomic E-state index is -0.720. The summed E-state index contributed by atoms with van der Waals surface area (Å²) >= 11 is 0. The van der Waals surface area contributed by atoms with Crippen LogP contribution in [-0.4, -0.2) is 32.3 Å². The minimum absolute atomic E-state index is 0.00258. The number of hydrogen-bond donors (Lipinski definition) is 1. The molecule has 0 fully saturated rings. The Morgan fingerprint density at radius 1 is 1.22 bits per heavy atom. The Morgan fingerprint density at radius 3 is 2.70 bits per heavy atom. The second-order valence-corrected chi connectivity index (χ2v) is 5.10. The highest BCUT2D eigenvalue weighted by atomic mass is 16.6. The third-order valence-corrected chi connectivity index (χ3v) is 3.42. The Labute approximate surface area is 131 Å². The molecule has 0 spiro atoms. The number of imidazole rings is 1. The number of nitro benzene ring substituents is 1. The van der Waals surface area contributed by atoms with Gasteiger partial charge < -0.3 is 14.4 Å². The average Bonchev–Trinajstić information content (AvgIpc) is 2.96. The molecule has 0 saturated carbocycles. The van der Waals surface area contributed by atoms with Crippen LogP contribution in [0, 0.1) is 10.1 Å². The molecule has 7 heteroatoms. The van der Waals surface area contributed by atoms with Crippen molar-refractivity contribution in [2.45, 2.75) is 12.6 Å². The molecule has 0 saturated heterocycles. The summed E-state index contributed by atoms with van der Waals surface area (Å²) in [6.45, 7) is 0.442. The number of nitrogens with zero attached hydrogens (tertiary/aromatic N) is 3. The topological polar surface area (TPSA) is 90.4 Å². The van der Waals surface area contributed by atoms with Gasteiger partial charge in [-0.15, -0.1) is 0 Å². The number of aliphatic hydroxyl groups is 1. The summed E-state index contributed by atoms with van der Waals surface area (Å²) in [5.41, 5.74) is 1.82. The van der Waals surface area contributed by atoms with Gasteiger partial charge in [-0.3, -0.25) is 10.1 Å². The van der Waals surface area contributed by atoms with E-state index in [1.807, 2.05) is 28.8 Å². The molecule has 2 aromatic carbocycles. The summed E-state index contributed by atoms with van der Waals surface area (Å²) in [6, 6.07) is 13.4. The number of aliphatic hydroxyl groups excluding tert-OH is 1. The molecule has 23 heavy (non-hydrogen) atoms. The van der Waals surface area contributed by atoms with E-state index in [-0.39, 0.29) is 12.3 Å². The summed E-state index contributed by atoms with van der Waals surface area (Å²) in [5.74, 6) is 0.477. The zero-order chi connectivity index (χ0) is 16.2. The van der Waals surface area contributed by atoms with Gasteiger partial charge in [0.25, 0.3) is 5.69 Å². The van der Waals surface area contributed by atoms with Crippen molar-refractivity contribution < 1.29 is 14.8 Å². The van der Waals surface area contributed by atoms with Crippen molar-refractivity contribution in [3.63, 3.8) is 0 Å². The van der Waals surface area contributed by atoms with Crippen LogP contribution in [0.25, 0.3) is 11.0 Å². The number of benzene rings is 2. The lowest BCUT2D eigenvalue weighted by Crippen LogP contribution is -2.23. The number of fused-ring (bicyclic) bond motifs is 1. The van der Waals surface area contributed by atoms with Crippen LogP contribution < -0.4 is 4.74 Å². The van der Waals surface area contributed by atoms with Crippen LogP contribution in [0.4, 0.5) is 5.69 Å². The molecule has 0 radical (unpaired) electrons. The first-order chi connectivity index (χ1) is 11.1. The highest BCUT2D eigenvalue weighted by Crippen LogP contribution is 2.18. The van der Waals surface area contributed by atoms with Crippen molar-refractivity contribution in [1.29, 1.82) is 0 Å². The number of ether oxygens (including phenoxy) is 1. The molecular formula is C16H15N3O4. The first-order valence-corrected chi connectivity index (χ1v) is 7.08. The molecule has 3 aromatic rings. The Bertz CT molecular complexity index is 814. The van der Waals surface area contributed by atoms with Gasteiger partial charge in [0.05, 0.1) is 28.8 Å². The van der Waals surface area contributed by atoms with Crippen LogP contribution in [0.3, 0.4) is 0 Å². The Kier molecular flexibility index (Phi) is 4.20.